The van der Waals surface area contributed by atoms with E-state index in [1.807, 2.05) is 20.8 Å². The molecule has 3 fully saturated rings. The summed E-state index contributed by atoms with van der Waals surface area (Å²) >= 11 is 0. The summed E-state index contributed by atoms with van der Waals surface area (Å²) in [5.41, 5.74) is 5.19. The SMILES string of the molecule is CCC1OC(OC2C(NC(=O)OC(C)(C)C)CC(C)C(OC3OC(CO)C(O)C(N)C3O)C2O)C(C)CC1O. The molecule has 1 aliphatic carbocycles. The highest BCUT2D eigenvalue weighted by Gasteiger charge is 2.51. The fourth-order valence-electron chi connectivity index (χ4n) is 5.53. The third kappa shape index (κ3) is 7.79. The Kier molecular flexibility index (Phi) is 11.0. The molecule has 0 bridgehead atoms. The van der Waals surface area contributed by atoms with Crippen LogP contribution in [0.4, 0.5) is 4.79 Å². The molecule has 14 unspecified atom stereocenters. The van der Waals surface area contributed by atoms with Crippen molar-refractivity contribution >= 4 is 6.09 Å². The van der Waals surface area contributed by atoms with Crippen LogP contribution >= 0.6 is 0 Å². The van der Waals surface area contributed by atoms with E-state index in [4.69, 9.17) is 29.4 Å². The maximum absolute atomic E-state index is 12.7. The molecule has 1 saturated carbocycles. The van der Waals surface area contributed by atoms with E-state index < -0.39 is 91.8 Å². The first-order valence-electron chi connectivity index (χ1n) is 13.9. The van der Waals surface area contributed by atoms with Gasteiger partial charge < -0.3 is 60.3 Å². The van der Waals surface area contributed by atoms with Gasteiger partial charge in [-0.2, -0.15) is 0 Å². The minimum absolute atomic E-state index is 0.204. The van der Waals surface area contributed by atoms with Crippen molar-refractivity contribution in [3.8, 4) is 0 Å². The molecule has 0 radical (unpaired) electrons. The summed E-state index contributed by atoms with van der Waals surface area (Å²) < 4.78 is 29.4. The lowest BCUT2D eigenvalue weighted by molar-refractivity contribution is -0.322. The van der Waals surface area contributed by atoms with Gasteiger partial charge in [0.2, 0.25) is 0 Å². The summed E-state index contributed by atoms with van der Waals surface area (Å²) in [5.74, 6) is -0.564. The van der Waals surface area contributed by atoms with Gasteiger partial charge in [0.05, 0.1) is 37.0 Å². The molecular formula is C26H48N2O11. The van der Waals surface area contributed by atoms with E-state index in [1.165, 1.54) is 0 Å². The number of aliphatic hydroxyl groups excluding tert-OH is 5. The molecule has 14 atom stereocenters. The number of carbonyl (C=O) groups excluding carboxylic acids is 1. The van der Waals surface area contributed by atoms with Gasteiger partial charge in [-0.05, 0) is 46.0 Å². The number of amides is 1. The van der Waals surface area contributed by atoms with E-state index in [9.17, 15) is 30.3 Å². The summed E-state index contributed by atoms with van der Waals surface area (Å²) in [6.07, 6.45) is -9.59. The van der Waals surface area contributed by atoms with Gasteiger partial charge in [-0.1, -0.05) is 20.8 Å². The number of alkyl carbamates (subject to hydrolysis) is 1. The normalized spacial score (nSPS) is 45.5. The molecule has 13 heteroatoms. The zero-order valence-electron chi connectivity index (χ0n) is 23.7. The fourth-order valence-corrected chi connectivity index (χ4v) is 5.53. The lowest BCUT2D eigenvalue weighted by Crippen LogP contribution is -2.66. The van der Waals surface area contributed by atoms with Crippen LogP contribution in [0, 0.1) is 11.8 Å². The first-order valence-corrected chi connectivity index (χ1v) is 13.9. The molecule has 0 aromatic carbocycles. The van der Waals surface area contributed by atoms with Crippen LogP contribution in [0.5, 0.6) is 0 Å². The Morgan fingerprint density at radius 2 is 1.54 bits per heavy atom. The predicted octanol–water partition coefficient (Wildman–Crippen LogP) is -0.661. The summed E-state index contributed by atoms with van der Waals surface area (Å²) in [6.45, 7) is 10.3. The Morgan fingerprint density at radius 1 is 0.923 bits per heavy atom. The van der Waals surface area contributed by atoms with Crippen molar-refractivity contribution < 1.29 is 54.0 Å². The highest BCUT2D eigenvalue weighted by molar-refractivity contribution is 5.68. The van der Waals surface area contributed by atoms with E-state index in [2.05, 4.69) is 5.32 Å². The first kappa shape index (κ1) is 32.4. The molecule has 8 N–H and O–H groups in total. The number of aliphatic hydroxyl groups is 5. The van der Waals surface area contributed by atoms with Crippen LogP contribution in [0.15, 0.2) is 0 Å². The number of nitrogens with two attached hydrogens (primary N) is 1. The summed E-state index contributed by atoms with van der Waals surface area (Å²) in [6, 6.07) is -1.82. The number of nitrogens with one attached hydrogen (secondary N) is 1. The van der Waals surface area contributed by atoms with Gasteiger partial charge in [-0.25, -0.2) is 4.79 Å². The van der Waals surface area contributed by atoms with Crippen LogP contribution in [0.2, 0.25) is 0 Å². The summed E-state index contributed by atoms with van der Waals surface area (Å²) in [7, 11) is 0. The third-order valence-corrected chi connectivity index (χ3v) is 7.70. The van der Waals surface area contributed by atoms with Crippen molar-refractivity contribution in [3.63, 3.8) is 0 Å². The van der Waals surface area contributed by atoms with Crippen LogP contribution in [0.25, 0.3) is 0 Å². The Labute approximate surface area is 229 Å². The number of hydrogen-bond donors (Lipinski definition) is 7. The molecule has 228 valence electrons. The number of carbonyl (C=O) groups is 1. The van der Waals surface area contributed by atoms with Gasteiger partial charge >= 0.3 is 6.09 Å². The van der Waals surface area contributed by atoms with Crippen molar-refractivity contribution in [2.75, 3.05) is 6.61 Å². The van der Waals surface area contributed by atoms with Gasteiger partial charge in [0.25, 0.3) is 0 Å². The van der Waals surface area contributed by atoms with Crippen LogP contribution in [-0.2, 0) is 23.7 Å². The average molecular weight is 565 g/mol. The number of ether oxygens (including phenoxy) is 5. The molecule has 13 nitrogen and oxygen atoms in total. The highest BCUT2D eigenvalue weighted by atomic mass is 16.7. The minimum Gasteiger partial charge on any atom is -0.444 e. The summed E-state index contributed by atoms with van der Waals surface area (Å²) in [4.78, 5) is 12.7. The van der Waals surface area contributed by atoms with E-state index >= 15 is 0 Å². The monoisotopic (exact) mass is 564 g/mol. The molecule has 0 aromatic rings. The molecule has 0 spiro atoms. The standard InChI is InChI=1S/C26H48N2O11/c1-7-15-14(30)9-12(3)23(35-15)38-22-13(28-25(34)39-26(4,5)6)8-11(2)21(20(22)33)37-24-19(32)17(27)18(31)16(10-29)36-24/h11-24,29-33H,7-10,27H2,1-6H3,(H,28,34). The van der Waals surface area contributed by atoms with E-state index in [1.54, 1.807) is 20.8 Å². The summed E-state index contributed by atoms with van der Waals surface area (Å²) in [5, 5.41) is 55.1. The van der Waals surface area contributed by atoms with Crippen molar-refractivity contribution in [1.82, 2.24) is 5.32 Å². The Hall–Kier alpha value is -1.13. The molecule has 39 heavy (non-hydrogen) atoms. The molecule has 1 amide bonds. The minimum atomic E-state index is -1.42. The van der Waals surface area contributed by atoms with Crippen molar-refractivity contribution in [2.45, 2.75) is 140 Å². The second kappa shape index (κ2) is 13.2. The Balaban J connectivity index is 1.82. The van der Waals surface area contributed by atoms with Crippen LogP contribution in [0.1, 0.15) is 60.8 Å². The third-order valence-electron chi connectivity index (χ3n) is 7.70. The quantitative estimate of drug-likeness (QED) is 0.206. The van der Waals surface area contributed by atoms with Gasteiger partial charge in [0, 0.05) is 5.92 Å². The molecule has 2 heterocycles. The molecule has 2 saturated heterocycles. The van der Waals surface area contributed by atoms with E-state index in [-0.39, 0.29) is 11.8 Å². The average Bonchev–Trinajstić information content (AvgIpc) is 2.84. The topological polar surface area (TPSA) is 202 Å². The van der Waals surface area contributed by atoms with Crippen LogP contribution < -0.4 is 11.1 Å². The molecule has 2 aliphatic heterocycles. The Bertz CT molecular complexity index is 796. The van der Waals surface area contributed by atoms with Gasteiger partial charge in [0.1, 0.15) is 36.1 Å². The second-order valence-electron chi connectivity index (χ2n) is 12.2. The maximum Gasteiger partial charge on any atom is 0.407 e. The van der Waals surface area contributed by atoms with E-state index in [0.717, 1.165) is 0 Å². The van der Waals surface area contributed by atoms with Crippen molar-refractivity contribution in [3.05, 3.63) is 0 Å². The zero-order valence-corrected chi connectivity index (χ0v) is 23.7. The largest absolute Gasteiger partial charge is 0.444 e. The first-order chi connectivity index (χ1) is 18.2. The number of hydrogen-bond acceptors (Lipinski definition) is 12. The maximum atomic E-state index is 12.7. The van der Waals surface area contributed by atoms with Gasteiger partial charge in [0.15, 0.2) is 12.6 Å². The van der Waals surface area contributed by atoms with Crippen molar-refractivity contribution in [1.29, 1.82) is 0 Å². The molecule has 3 aliphatic rings. The lowest BCUT2D eigenvalue weighted by Gasteiger charge is -2.48. The lowest BCUT2D eigenvalue weighted by atomic mass is 9.80. The zero-order chi connectivity index (χ0) is 29.2. The van der Waals surface area contributed by atoms with Crippen LogP contribution in [-0.4, -0.2) is 117 Å². The van der Waals surface area contributed by atoms with Gasteiger partial charge in [-0.3, -0.25) is 0 Å². The molecular weight excluding hydrogens is 516 g/mol. The van der Waals surface area contributed by atoms with Crippen LogP contribution in [0.3, 0.4) is 0 Å². The molecule has 0 aromatic heterocycles. The van der Waals surface area contributed by atoms with Gasteiger partial charge in [-0.15, -0.1) is 0 Å². The predicted molar refractivity (Wildman–Crippen MR) is 137 cm³/mol. The fraction of sp³-hybridized carbons (Fsp3) is 0.962. The number of rotatable bonds is 7. The highest BCUT2D eigenvalue weighted by Crippen LogP contribution is 2.36. The molecule has 3 rings (SSSR count). The second-order valence-corrected chi connectivity index (χ2v) is 12.2. The van der Waals surface area contributed by atoms with Crippen molar-refractivity contribution in [2.24, 2.45) is 17.6 Å². The Morgan fingerprint density at radius 3 is 2.13 bits per heavy atom. The smallest absolute Gasteiger partial charge is 0.407 e. The van der Waals surface area contributed by atoms with E-state index in [0.29, 0.717) is 19.3 Å².